The maximum absolute atomic E-state index is 12.6. The summed E-state index contributed by atoms with van der Waals surface area (Å²) in [6.45, 7) is 0. The molecule has 0 bridgehead atoms. The van der Waals surface area contributed by atoms with Crippen LogP contribution in [0.3, 0.4) is 0 Å². The zero-order chi connectivity index (χ0) is 18.0. The van der Waals surface area contributed by atoms with Crippen LogP contribution in [0.2, 0.25) is 0 Å². The molecule has 1 aliphatic rings. The largest absolute Gasteiger partial charge is 0.469 e. The number of carbonyl (C=O) groups excluding carboxylic acids is 2. The summed E-state index contributed by atoms with van der Waals surface area (Å²) in [6, 6.07) is 12.8. The number of hydrogen-bond acceptors (Lipinski definition) is 6. The van der Waals surface area contributed by atoms with Crippen LogP contribution in [0, 0.1) is 22.7 Å². The maximum Gasteiger partial charge on any atom is 0.306 e. The third-order valence-corrected chi connectivity index (χ3v) is 5.08. The zero-order valence-electron chi connectivity index (χ0n) is 13.3. The van der Waals surface area contributed by atoms with Crippen molar-refractivity contribution >= 4 is 39.9 Å². The number of esters is 1. The van der Waals surface area contributed by atoms with E-state index >= 15 is 0 Å². The number of thioether (sulfide) groups is 1. The molecule has 5 nitrogen and oxygen atoms in total. The van der Waals surface area contributed by atoms with Crippen LogP contribution >= 0.6 is 11.8 Å². The minimum atomic E-state index is -0.422. The van der Waals surface area contributed by atoms with Crippen LogP contribution in [-0.2, 0) is 9.53 Å². The van der Waals surface area contributed by atoms with Gasteiger partial charge in [-0.15, -0.1) is 11.8 Å². The Kier molecular flexibility index (Phi) is 4.56. The second-order valence-electron chi connectivity index (χ2n) is 5.32. The van der Waals surface area contributed by atoms with Gasteiger partial charge in [-0.1, -0.05) is 24.3 Å². The molecule has 2 aromatic rings. The molecule has 122 valence electrons. The molecule has 0 atom stereocenters. The smallest absolute Gasteiger partial charge is 0.306 e. The molecule has 6 heteroatoms. The first-order chi connectivity index (χ1) is 12.1. The number of hydrogen-bond donors (Lipinski definition) is 0. The van der Waals surface area contributed by atoms with E-state index in [0.717, 1.165) is 10.3 Å². The van der Waals surface area contributed by atoms with Crippen molar-refractivity contribution in [1.82, 2.24) is 0 Å². The number of Topliss-reactive ketones (excluding diaryl/α,β-unsaturated/α-hetero) is 1. The summed E-state index contributed by atoms with van der Waals surface area (Å²) in [5, 5.41) is 20.2. The van der Waals surface area contributed by atoms with Gasteiger partial charge in [0.25, 0.3) is 0 Å². The number of methoxy groups -OCH3 is 1. The third kappa shape index (κ3) is 2.77. The van der Waals surface area contributed by atoms with E-state index < -0.39 is 5.78 Å². The summed E-state index contributed by atoms with van der Waals surface area (Å²) in [6.07, 6.45) is 0.283. The fraction of sp³-hybridized carbons (Fsp3) is 0.158. The fourth-order valence-electron chi connectivity index (χ4n) is 2.86. The molecule has 0 amide bonds. The number of nitriles is 2. The molecule has 0 aliphatic heterocycles. The standard InChI is InChI=1S/C19H12N2O3S/c1-24-17(22)7-8-25-16-6-5-11-14(9-20)15(10-21)19(23)13-4-2-3-12(16)18(11)13/h2-6H,7-8H2,1H3. The first-order valence-corrected chi connectivity index (χ1v) is 8.45. The molecule has 0 aromatic heterocycles. The normalized spacial score (nSPS) is 12.7. The van der Waals surface area contributed by atoms with Crippen molar-refractivity contribution in [3.8, 4) is 12.1 Å². The molecule has 0 saturated heterocycles. The summed E-state index contributed by atoms with van der Waals surface area (Å²) in [5.41, 5.74) is 1.02. The van der Waals surface area contributed by atoms with Gasteiger partial charge in [0.15, 0.2) is 0 Å². The number of allylic oxidation sites excluding steroid dienone is 2. The second kappa shape index (κ2) is 6.80. The molecule has 0 fully saturated rings. The van der Waals surface area contributed by atoms with Crippen molar-refractivity contribution in [2.24, 2.45) is 0 Å². The summed E-state index contributed by atoms with van der Waals surface area (Å²) in [5.74, 6) is -0.156. The Morgan fingerprint density at radius 1 is 1.12 bits per heavy atom. The van der Waals surface area contributed by atoms with E-state index in [4.69, 9.17) is 0 Å². The van der Waals surface area contributed by atoms with E-state index in [2.05, 4.69) is 4.74 Å². The minimum Gasteiger partial charge on any atom is -0.469 e. The second-order valence-corrected chi connectivity index (χ2v) is 6.45. The third-order valence-electron chi connectivity index (χ3n) is 4.01. The lowest BCUT2D eigenvalue weighted by atomic mass is 9.83. The Hall–Kier alpha value is -3.09. The van der Waals surface area contributed by atoms with Gasteiger partial charge < -0.3 is 4.74 Å². The Balaban J connectivity index is 2.13. The number of ether oxygens (including phenoxy) is 1. The van der Waals surface area contributed by atoms with Gasteiger partial charge in [-0.2, -0.15) is 10.5 Å². The van der Waals surface area contributed by atoms with Crippen molar-refractivity contribution < 1.29 is 14.3 Å². The van der Waals surface area contributed by atoms with E-state index in [0.29, 0.717) is 22.3 Å². The first-order valence-electron chi connectivity index (χ1n) is 7.47. The van der Waals surface area contributed by atoms with Crippen molar-refractivity contribution in [2.45, 2.75) is 11.3 Å². The summed E-state index contributed by atoms with van der Waals surface area (Å²) in [4.78, 5) is 24.7. The Labute approximate surface area is 148 Å². The number of ketones is 1. The van der Waals surface area contributed by atoms with E-state index in [1.54, 1.807) is 18.2 Å². The lowest BCUT2D eigenvalue weighted by molar-refractivity contribution is -0.140. The number of benzene rings is 2. The first kappa shape index (κ1) is 16.8. The van der Waals surface area contributed by atoms with E-state index in [9.17, 15) is 20.1 Å². The Morgan fingerprint density at radius 3 is 2.56 bits per heavy atom. The van der Waals surface area contributed by atoms with E-state index in [1.165, 1.54) is 18.9 Å². The van der Waals surface area contributed by atoms with Crippen LogP contribution in [-0.4, -0.2) is 24.6 Å². The molecular weight excluding hydrogens is 336 g/mol. The molecule has 2 aromatic carbocycles. The number of rotatable bonds is 4. The highest BCUT2D eigenvalue weighted by molar-refractivity contribution is 7.99. The average molecular weight is 348 g/mol. The highest BCUT2D eigenvalue weighted by atomic mass is 32.2. The highest BCUT2D eigenvalue weighted by Crippen LogP contribution is 2.40. The molecule has 0 heterocycles. The van der Waals surface area contributed by atoms with Gasteiger partial charge in [0, 0.05) is 27.2 Å². The molecule has 0 spiro atoms. The molecule has 0 radical (unpaired) electrons. The number of nitrogens with zero attached hydrogens (tertiary/aromatic N) is 2. The minimum absolute atomic E-state index is 0.113. The van der Waals surface area contributed by atoms with Crippen LogP contribution in [0.5, 0.6) is 0 Å². The predicted octanol–water partition coefficient (Wildman–Crippen LogP) is 3.49. The van der Waals surface area contributed by atoms with Gasteiger partial charge in [-0.3, -0.25) is 9.59 Å². The topological polar surface area (TPSA) is 90.9 Å². The van der Waals surface area contributed by atoms with Gasteiger partial charge in [-0.25, -0.2) is 0 Å². The van der Waals surface area contributed by atoms with Crippen molar-refractivity contribution in [2.75, 3.05) is 12.9 Å². The zero-order valence-corrected chi connectivity index (χ0v) is 14.1. The van der Waals surface area contributed by atoms with Crippen molar-refractivity contribution in [3.05, 3.63) is 47.0 Å². The van der Waals surface area contributed by atoms with Crippen LogP contribution in [0.15, 0.2) is 40.8 Å². The van der Waals surface area contributed by atoms with Gasteiger partial charge in [0.1, 0.15) is 17.7 Å². The quantitative estimate of drug-likeness (QED) is 0.620. The Morgan fingerprint density at radius 2 is 1.88 bits per heavy atom. The molecule has 0 saturated carbocycles. The van der Waals surface area contributed by atoms with E-state index in [-0.39, 0.29) is 23.5 Å². The average Bonchev–Trinajstić information content (AvgIpc) is 2.64. The molecule has 0 N–H and O–H groups in total. The van der Waals surface area contributed by atoms with Gasteiger partial charge in [-0.05, 0) is 11.5 Å². The summed E-state index contributed by atoms with van der Waals surface area (Å²) < 4.78 is 4.64. The molecule has 1 aliphatic carbocycles. The Bertz CT molecular complexity index is 1030. The fourth-order valence-corrected chi connectivity index (χ4v) is 3.83. The van der Waals surface area contributed by atoms with Gasteiger partial charge in [0.05, 0.1) is 19.1 Å². The predicted molar refractivity (Wildman–Crippen MR) is 93.8 cm³/mol. The highest BCUT2D eigenvalue weighted by Gasteiger charge is 2.28. The van der Waals surface area contributed by atoms with Crippen LogP contribution < -0.4 is 0 Å². The SMILES string of the molecule is COC(=O)CCSc1ccc2c3c(cccc13)C(=O)C(C#N)=C2C#N. The summed E-state index contributed by atoms with van der Waals surface area (Å²) >= 11 is 1.49. The van der Waals surface area contributed by atoms with Gasteiger partial charge in [0.2, 0.25) is 5.78 Å². The number of carbonyl (C=O) groups is 2. The van der Waals surface area contributed by atoms with Crippen LogP contribution in [0.1, 0.15) is 22.3 Å². The molecule has 0 unspecified atom stereocenters. The molecular formula is C19H12N2O3S. The maximum atomic E-state index is 12.6. The van der Waals surface area contributed by atoms with Gasteiger partial charge >= 0.3 is 5.97 Å². The lowest BCUT2D eigenvalue weighted by Gasteiger charge is -2.18. The van der Waals surface area contributed by atoms with Crippen molar-refractivity contribution in [1.29, 1.82) is 10.5 Å². The van der Waals surface area contributed by atoms with Crippen LogP contribution in [0.4, 0.5) is 0 Å². The monoisotopic (exact) mass is 348 g/mol. The lowest BCUT2D eigenvalue weighted by Crippen LogP contribution is -2.11. The van der Waals surface area contributed by atoms with Crippen molar-refractivity contribution in [3.63, 3.8) is 0 Å². The molecule has 3 rings (SSSR count). The van der Waals surface area contributed by atoms with Crippen LogP contribution in [0.25, 0.3) is 16.3 Å². The molecule has 25 heavy (non-hydrogen) atoms. The summed E-state index contributed by atoms with van der Waals surface area (Å²) in [7, 11) is 1.35. The van der Waals surface area contributed by atoms with E-state index in [1.807, 2.05) is 24.3 Å².